The van der Waals surface area contributed by atoms with Gasteiger partial charge in [0.25, 0.3) is 5.91 Å². The molecule has 0 spiro atoms. The molecule has 2 aromatic heterocycles. The van der Waals surface area contributed by atoms with E-state index in [1.165, 1.54) is 23.4 Å². The predicted octanol–water partition coefficient (Wildman–Crippen LogP) is 6.23. The summed E-state index contributed by atoms with van der Waals surface area (Å²) in [7, 11) is 1.58. The Morgan fingerprint density at radius 1 is 0.957 bits per heavy atom. The number of piperidine rings is 1. The largest absolute Gasteiger partial charge is 0.497 e. The first kappa shape index (κ1) is 31.9. The van der Waals surface area contributed by atoms with Crippen molar-refractivity contribution >= 4 is 40.4 Å². The van der Waals surface area contributed by atoms with Crippen molar-refractivity contribution in [2.24, 2.45) is 5.92 Å². The normalized spacial score (nSPS) is 14.2. The van der Waals surface area contributed by atoms with Crippen LogP contribution < -0.4 is 10.1 Å². The van der Waals surface area contributed by atoms with Gasteiger partial charge in [0.2, 0.25) is 5.91 Å². The third-order valence-electron chi connectivity index (χ3n) is 8.70. The smallest absolute Gasteiger partial charge is 0.338 e. The van der Waals surface area contributed by atoms with Crippen molar-refractivity contribution in [1.29, 1.82) is 0 Å². The summed E-state index contributed by atoms with van der Waals surface area (Å²) in [5, 5.41) is 13.7. The molecule has 1 aliphatic heterocycles. The first-order valence-electron chi connectivity index (χ1n) is 15.6. The van der Waals surface area contributed by atoms with Gasteiger partial charge in [-0.1, -0.05) is 60.7 Å². The fourth-order valence-corrected chi connectivity index (χ4v) is 7.33. The number of nitrogens with zero attached hydrogens (tertiary/aromatic N) is 2. The van der Waals surface area contributed by atoms with Gasteiger partial charge in [0.15, 0.2) is 0 Å². The molecule has 0 unspecified atom stereocenters. The summed E-state index contributed by atoms with van der Waals surface area (Å²) < 4.78 is 5.31. The number of benzene rings is 3. The average molecular weight is 649 g/mol. The van der Waals surface area contributed by atoms with E-state index in [4.69, 9.17) is 4.74 Å². The van der Waals surface area contributed by atoms with Gasteiger partial charge < -0.3 is 25.0 Å². The molecule has 1 atom stereocenters. The number of aromatic nitrogens is 2. The summed E-state index contributed by atoms with van der Waals surface area (Å²) in [5.41, 5.74) is 3.64. The number of aromatic amines is 1. The Morgan fingerprint density at radius 2 is 1.64 bits per heavy atom. The molecule has 10 heteroatoms. The van der Waals surface area contributed by atoms with E-state index in [2.05, 4.69) is 63.8 Å². The van der Waals surface area contributed by atoms with Crippen LogP contribution in [0.3, 0.4) is 0 Å². The van der Waals surface area contributed by atoms with Crippen LogP contribution >= 0.6 is 11.8 Å². The lowest BCUT2D eigenvalue weighted by atomic mass is 9.76. The average Bonchev–Trinajstić information content (AvgIpc) is 3.55. The van der Waals surface area contributed by atoms with Crippen molar-refractivity contribution in [3.05, 3.63) is 126 Å². The van der Waals surface area contributed by atoms with Crippen molar-refractivity contribution in [2.45, 2.75) is 29.8 Å². The van der Waals surface area contributed by atoms with Crippen LogP contribution in [0.15, 0.2) is 108 Å². The second-order valence-electron chi connectivity index (χ2n) is 11.6. The molecule has 47 heavy (non-hydrogen) atoms. The minimum absolute atomic E-state index is 0.0493. The van der Waals surface area contributed by atoms with E-state index in [0.717, 1.165) is 35.5 Å². The molecule has 240 valence electrons. The molecule has 3 heterocycles. The number of ether oxygens (including phenoxy) is 1. The van der Waals surface area contributed by atoms with Crippen LogP contribution in [0.5, 0.6) is 5.75 Å². The quantitative estimate of drug-likeness (QED) is 0.145. The molecule has 9 nitrogen and oxygen atoms in total. The molecule has 0 bridgehead atoms. The fourth-order valence-electron chi connectivity index (χ4n) is 6.33. The number of hydrogen-bond acceptors (Lipinski definition) is 6. The number of rotatable bonds is 11. The summed E-state index contributed by atoms with van der Waals surface area (Å²) in [6.07, 6.45) is 3.13. The number of carbonyl (C=O) groups excluding carboxylic acids is 2. The Labute approximate surface area is 277 Å². The molecule has 1 aliphatic rings. The molecular formula is C37H36N4O5S. The minimum Gasteiger partial charge on any atom is -0.497 e. The number of H-pyrrole nitrogens is 1. The number of aromatic carboxylic acids is 1. The van der Waals surface area contributed by atoms with Crippen molar-refractivity contribution in [1.82, 2.24) is 20.2 Å². The molecule has 0 radical (unpaired) electrons. The van der Waals surface area contributed by atoms with Crippen LogP contribution in [-0.2, 0) is 4.79 Å². The summed E-state index contributed by atoms with van der Waals surface area (Å²) in [6.45, 7) is 1.10. The first-order chi connectivity index (χ1) is 22.9. The van der Waals surface area contributed by atoms with E-state index < -0.39 is 17.9 Å². The molecule has 0 aliphatic carbocycles. The molecule has 3 aromatic carbocycles. The highest BCUT2D eigenvalue weighted by Crippen LogP contribution is 2.38. The molecule has 2 amide bonds. The number of nitrogens with one attached hydrogen (secondary N) is 2. The maximum absolute atomic E-state index is 14.1. The van der Waals surface area contributed by atoms with Crippen LogP contribution in [0.1, 0.15) is 50.7 Å². The zero-order valence-corrected chi connectivity index (χ0v) is 26.8. The standard InChI is InChI=1S/C37H36N4O5S/c1-46-28-14-15-30-27(21-28)22-31(39-30)34(42)40-32(23-47-35-29(37(44)45)13-8-18-38-35)36(43)41-19-16-26(17-20-41)33(24-9-4-2-5-10-24)25-11-6-3-7-12-25/h2-15,18,21-22,26,32-33,39H,16-17,19-20,23H2,1H3,(H,40,42)(H,44,45)/t32-/m0/s1. The third kappa shape index (κ3) is 7.33. The van der Waals surface area contributed by atoms with Crippen molar-refractivity contribution < 1.29 is 24.2 Å². The monoisotopic (exact) mass is 648 g/mol. The first-order valence-corrected chi connectivity index (χ1v) is 16.6. The van der Waals surface area contributed by atoms with Crippen molar-refractivity contribution in [3.8, 4) is 5.75 Å². The Hall–Kier alpha value is -5.09. The summed E-state index contributed by atoms with van der Waals surface area (Å²) >= 11 is 1.14. The Morgan fingerprint density at radius 3 is 2.28 bits per heavy atom. The van der Waals surface area contributed by atoms with E-state index in [0.29, 0.717) is 30.5 Å². The molecule has 1 fully saturated rings. The van der Waals surface area contributed by atoms with Gasteiger partial charge in [0, 0.05) is 41.9 Å². The van der Waals surface area contributed by atoms with E-state index in [-0.39, 0.29) is 28.2 Å². The molecule has 5 aromatic rings. The topological polar surface area (TPSA) is 125 Å². The number of thioether (sulfide) groups is 1. The summed E-state index contributed by atoms with van der Waals surface area (Å²) in [6, 6.07) is 30.3. The van der Waals surface area contributed by atoms with E-state index in [9.17, 15) is 19.5 Å². The minimum atomic E-state index is -1.10. The number of fused-ring (bicyclic) bond motifs is 1. The zero-order valence-electron chi connectivity index (χ0n) is 26.0. The highest BCUT2D eigenvalue weighted by atomic mass is 32.2. The Bertz CT molecular complexity index is 1820. The molecule has 6 rings (SSSR count). The predicted molar refractivity (Wildman–Crippen MR) is 182 cm³/mol. The third-order valence-corrected chi connectivity index (χ3v) is 9.80. The SMILES string of the molecule is COc1ccc2[nH]c(C(=O)N[C@@H](CSc3ncccc3C(=O)O)C(=O)N3CCC(C(c4ccccc4)c4ccccc4)CC3)cc2c1. The highest BCUT2D eigenvalue weighted by molar-refractivity contribution is 7.99. The maximum atomic E-state index is 14.1. The second kappa shape index (κ2) is 14.6. The maximum Gasteiger partial charge on any atom is 0.338 e. The molecule has 3 N–H and O–H groups in total. The van der Waals surface area contributed by atoms with Crippen LogP contribution in [-0.4, -0.2) is 69.8 Å². The van der Waals surface area contributed by atoms with Gasteiger partial charge in [0.05, 0.1) is 12.7 Å². The zero-order chi connectivity index (χ0) is 32.8. The van der Waals surface area contributed by atoms with Crippen molar-refractivity contribution in [2.75, 3.05) is 26.0 Å². The van der Waals surface area contributed by atoms with Gasteiger partial charge in [0.1, 0.15) is 22.5 Å². The van der Waals surface area contributed by atoms with Gasteiger partial charge in [-0.15, -0.1) is 11.8 Å². The summed E-state index contributed by atoms with van der Waals surface area (Å²) in [4.78, 5) is 48.7. The van der Waals surface area contributed by atoms with Gasteiger partial charge in [-0.3, -0.25) is 9.59 Å². The van der Waals surface area contributed by atoms with Crippen LogP contribution in [0.4, 0.5) is 0 Å². The number of carboxylic acid groups (broad SMARTS) is 1. The molecular weight excluding hydrogens is 612 g/mol. The van der Waals surface area contributed by atoms with E-state index in [1.807, 2.05) is 29.2 Å². The second-order valence-corrected chi connectivity index (χ2v) is 12.6. The van der Waals surface area contributed by atoms with Crippen molar-refractivity contribution in [3.63, 3.8) is 0 Å². The molecule has 0 saturated carbocycles. The van der Waals surface area contributed by atoms with Gasteiger partial charge >= 0.3 is 5.97 Å². The number of carbonyl (C=O) groups is 3. The van der Waals surface area contributed by atoms with Crippen LogP contribution in [0, 0.1) is 5.92 Å². The highest BCUT2D eigenvalue weighted by Gasteiger charge is 2.34. The van der Waals surface area contributed by atoms with Crippen LogP contribution in [0.2, 0.25) is 0 Å². The fraction of sp³-hybridized carbons (Fsp3) is 0.243. The molecule has 1 saturated heterocycles. The van der Waals surface area contributed by atoms with E-state index in [1.54, 1.807) is 25.3 Å². The lowest BCUT2D eigenvalue weighted by Gasteiger charge is -2.38. The summed E-state index contributed by atoms with van der Waals surface area (Å²) in [5.74, 6) is -0.405. The number of carboxylic acids is 1. The Balaban J connectivity index is 1.21. The van der Waals surface area contributed by atoms with Gasteiger partial charge in [-0.25, -0.2) is 9.78 Å². The van der Waals surface area contributed by atoms with Gasteiger partial charge in [-0.05, 0) is 66.3 Å². The van der Waals surface area contributed by atoms with Gasteiger partial charge in [-0.2, -0.15) is 0 Å². The number of methoxy groups -OCH3 is 1. The number of amides is 2. The number of pyridine rings is 1. The lowest BCUT2D eigenvalue weighted by Crippen LogP contribution is -2.52. The number of hydrogen-bond donors (Lipinski definition) is 3. The number of likely N-dealkylation sites (tertiary alicyclic amines) is 1. The van der Waals surface area contributed by atoms with Crippen LogP contribution in [0.25, 0.3) is 10.9 Å². The van der Waals surface area contributed by atoms with E-state index >= 15 is 0 Å². The Kier molecular flexibility index (Phi) is 9.87. The lowest BCUT2D eigenvalue weighted by molar-refractivity contribution is -0.134.